The fourth-order valence-electron chi connectivity index (χ4n) is 4.13. The predicted molar refractivity (Wildman–Crippen MR) is 113 cm³/mol. The van der Waals surface area contributed by atoms with Crippen molar-refractivity contribution in [3.8, 4) is 0 Å². The van der Waals surface area contributed by atoms with Gasteiger partial charge in [-0.1, -0.05) is 6.92 Å². The number of aryl methyl sites for hydroxylation is 2. The number of nitrogens with zero attached hydrogens (tertiary/aromatic N) is 2. The smallest absolute Gasteiger partial charge is 0.243 e. The van der Waals surface area contributed by atoms with Crippen molar-refractivity contribution in [2.24, 2.45) is 0 Å². The maximum atomic E-state index is 13.3. The fraction of sp³-hybridized carbons (Fsp3) is 0.667. The van der Waals surface area contributed by atoms with E-state index in [9.17, 15) is 25.3 Å². The summed E-state index contributed by atoms with van der Waals surface area (Å²) in [5.74, 6) is -0.0824. The van der Waals surface area contributed by atoms with E-state index in [-0.39, 0.29) is 35.1 Å². The van der Waals surface area contributed by atoms with Gasteiger partial charge in [0.25, 0.3) is 0 Å². The highest BCUT2D eigenvalue weighted by Gasteiger charge is 2.39. The fourth-order valence-corrected chi connectivity index (χ4v) is 9.61. The molecular formula is C18H28N2O6S3. The second-order valence-electron chi connectivity index (χ2n) is 7.76. The van der Waals surface area contributed by atoms with Crippen LogP contribution in [0.5, 0.6) is 0 Å². The van der Waals surface area contributed by atoms with E-state index >= 15 is 0 Å². The highest BCUT2D eigenvalue weighted by Crippen LogP contribution is 2.33. The maximum absolute atomic E-state index is 13.3. The summed E-state index contributed by atoms with van der Waals surface area (Å²) in [5.41, 5.74) is 1.52. The van der Waals surface area contributed by atoms with Gasteiger partial charge in [-0.05, 0) is 56.4 Å². The summed E-state index contributed by atoms with van der Waals surface area (Å²) in [6.07, 6.45) is 1.67. The molecule has 3 rings (SSSR count). The molecule has 1 aromatic rings. The normalized spacial score (nSPS) is 24.1. The third-order valence-electron chi connectivity index (χ3n) is 5.63. The van der Waals surface area contributed by atoms with E-state index < -0.39 is 35.9 Å². The minimum absolute atomic E-state index is 0.00649. The molecule has 0 bridgehead atoms. The van der Waals surface area contributed by atoms with Crippen molar-refractivity contribution in [3.63, 3.8) is 0 Å². The van der Waals surface area contributed by atoms with Crippen molar-refractivity contribution in [2.75, 3.05) is 34.7 Å². The molecule has 29 heavy (non-hydrogen) atoms. The first kappa shape index (κ1) is 22.5. The van der Waals surface area contributed by atoms with E-state index in [0.29, 0.717) is 29.8 Å². The number of hydrogen-bond donors (Lipinski definition) is 0. The van der Waals surface area contributed by atoms with Crippen LogP contribution >= 0.6 is 0 Å². The Morgan fingerprint density at radius 2 is 1.76 bits per heavy atom. The van der Waals surface area contributed by atoms with E-state index in [2.05, 4.69) is 0 Å². The summed E-state index contributed by atoms with van der Waals surface area (Å²) in [6.45, 7) is 5.60. The highest BCUT2D eigenvalue weighted by molar-refractivity contribution is 7.93. The van der Waals surface area contributed by atoms with Crippen molar-refractivity contribution in [1.82, 2.24) is 4.31 Å². The largest absolute Gasteiger partial charge is 0.270 e. The van der Waals surface area contributed by atoms with Gasteiger partial charge in [0.15, 0.2) is 9.84 Å². The van der Waals surface area contributed by atoms with Crippen molar-refractivity contribution in [1.29, 1.82) is 0 Å². The number of sulfonamides is 2. The van der Waals surface area contributed by atoms with Gasteiger partial charge in [0.1, 0.15) is 0 Å². The van der Waals surface area contributed by atoms with Crippen LogP contribution in [-0.4, -0.2) is 65.9 Å². The molecule has 2 aliphatic heterocycles. The first-order valence-electron chi connectivity index (χ1n) is 9.73. The molecule has 0 amide bonds. The first-order valence-corrected chi connectivity index (χ1v) is 14.6. The quantitative estimate of drug-likeness (QED) is 0.652. The summed E-state index contributed by atoms with van der Waals surface area (Å²) in [7, 11) is -10.5. The molecule has 2 fully saturated rings. The molecule has 2 aliphatic rings. The summed E-state index contributed by atoms with van der Waals surface area (Å²) >= 11 is 0. The maximum Gasteiger partial charge on any atom is 0.243 e. The Morgan fingerprint density at radius 1 is 1.07 bits per heavy atom. The molecule has 2 saturated heterocycles. The third kappa shape index (κ3) is 4.33. The van der Waals surface area contributed by atoms with Crippen LogP contribution in [0.25, 0.3) is 0 Å². The molecule has 11 heteroatoms. The molecule has 2 heterocycles. The lowest BCUT2D eigenvalue weighted by atomic mass is 10.1. The molecule has 1 unspecified atom stereocenters. The van der Waals surface area contributed by atoms with Gasteiger partial charge in [-0.2, -0.15) is 4.31 Å². The summed E-state index contributed by atoms with van der Waals surface area (Å²) in [5, 5.41) is 0. The monoisotopic (exact) mass is 464 g/mol. The van der Waals surface area contributed by atoms with Crippen LogP contribution in [0.1, 0.15) is 37.3 Å². The Hall–Kier alpha value is -1.17. The second kappa shape index (κ2) is 7.82. The minimum atomic E-state index is -3.91. The van der Waals surface area contributed by atoms with Gasteiger partial charge >= 0.3 is 0 Å². The molecule has 0 radical (unpaired) electrons. The van der Waals surface area contributed by atoms with E-state index in [1.54, 1.807) is 26.8 Å². The first-order chi connectivity index (χ1) is 13.4. The van der Waals surface area contributed by atoms with Gasteiger partial charge in [-0.25, -0.2) is 25.3 Å². The van der Waals surface area contributed by atoms with Crippen LogP contribution in [-0.2, 0) is 29.9 Å². The Bertz CT molecular complexity index is 1110. The average molecular weight is 465 g/mol. The zero-order valence-corrected chi connectivity index (χ0v) is 19.4. The summed E-state index contributed by atoms with van der Waals surface area (Å²) < 4.78 is 77.9. The van der Waals surface area contributed by atoms with Gasteiger partial charge in [0.05, 0.1) is 27.8 Å². The Kier molecular flexibility index (Phi) is 6.07. The van der Waals surface area contributed by atoms with Crippen molar-refractivity contribution < 1.29 is 25.3 Å². The summed E-state index contributed by atoms with van der Waals surface area (Å²) in [4.78, 5) is 0.0966. The number of sulfone groups is 1. The SMILES string of the molecule is CCN(C1CCS(=O)(=O)C1)S(=O)(=O)c1cc(C)c(N2CCCCS2(=O)=O)cc1C. The molecule has 0 aromatic heterocycles. The van der Waals surface area contributed by atoms with Crippen molar-refractivity contribution >= 4 is 35.6 Å². The number of anilines is 1. The summed E-state index contributed by atoms with van der Waals surface area (Å²) in [6, 6.07) is 2.55. The molecule has 0 saturated carbocycles. The highest BCUT2D eigenvalue weighted by atomic mass is 32.2. The average Bonchev–Trinajstić information content (AvgIpc) is 2.96. The Morgan fingerprint density at radius 3 is 2.31 bits per heavy atom. The van der Waals surface area contributed by atoms with Gasteiger partial charge in [0, 0.05) is 19.1 Å². The van der Waals surface area contributed by atoms with E-state index in [4.69, 9.17) is 0 Å². The predicted octanol–water partition coefficient (Wildman–Crippen LogP) is 1.43. The van der Waals surface area contributed by atoms with Gasteiger partial charge in [-0.3, -0.25) is 4.31 Å². The van der Waals surface area contributed by atoms with Crippen molar-refractivity contribution in [3.05, 3.63) is 23.3 Å². The lowest BCUT2D eigenvalue weighted by molar-refractivity contribution is 0.354. The van der Waals surface area contributed by atoms with E-state index in [1.807, 2.05) is 0 Å². The van der Waals surface area contributed by atoms with Crippen LogP contribution in [0.15, 0.2) is 17.0 Å². The van der Waals surface area contributed by atoms with Gasteiger partial charge in [-0.15, -0.1) is 0 Å². The molecule has 1 atom stereocenters. The lowest BCUT2D eigenvalue weighted by Crippen LogP contribution is -2.41. The van der Waals surface area contributed by atoms with Crippen molar-refractivity contribution in [2.45, 2.75) is 51.0 Å². The standard InChI is InChI=1S/C18H28N2O6S3/c1-4-19(16-7-10-27(21,22)13-16)29(25,26)18-12-14(2)17(11-15(18)3)20-8-5-6-9-28(20,23)24/h11-12,16H,4-10,13H2,1-3H3. The second-order valence-corrected chi connectivity index (χ2v) is 13.9. The molecule has 0 N–H and O–H groups in total. The number of rotatable bonds is 5. The van der Waals surface area contributed by atoms with Gasteiger partial charge < -0.3 is 0 Å². The van der Waals surface area contributed by atoms with Crippen LogP contribution in [0.2, 0.25) is 0 Å². The molecule has 1 aromatic carbocycles. The third-order valence-corrected chi connectivity index (χ3v) is 11.4. The number of benzene rings is 1. The Labute approximate surface area is 173 Å². The van der Waals surface area contributed by atoms with E-state index in [0.717, 1.165) is 6.42 Å². The van der Waals surface area contributed by atoms with Crippen LogP contribution < -0.4 is 4.31 Å². The zero-order chi connectivity index (χ0) is 21.6. The molecule has 8 nitrogen and oxygen atoms in total. The van der Waals surface area contributed by atoms with E-state index in [1.165, 1.54) is 14.7 Å². The number of hydrogen-bond acceptors (Lipinski definition) is 6. The zero-order valence-electron chi connectivity index (χ0n) is 17.0. The molecule has 164 valence electrons. The molecular weight excluding hydrogens is 436 g/mol. The van der Waals surface area contributed by atoms with Crippen LogP contribution in [0.3, 0.4) is 0 Å². The molecule has 0 spiro atoms. The lowest BCUT2D eigenvalue weighted by Gasteiger charge is -2.31. The minimum Gasteiger partial charge on any atom is -0.270 e. The Balaban J connectivity index is 2.01. The van der Waals surface area contributed by atoms with Crippen LogP contribution in [0, 0.1) is 13.8 Å². The van der Waals surface area contributed by atoms with Crippen LogP contribution in [0.4, 0.5) is 5.69 Å². The topological polar surface area (TPSA) is 109 Å². The molecule has 0 aliphatic carbocycles. The van der Waals surface area contributed by atoms with Gasteiger partial charge in [0.2, 0.25) is 20.0 Å².